The molecule has 6 nitrogen and oxygen atoms in total. The first-order chi connectivity index (χ1) is 12.5. The number of ether oxygens (including phenoxy) is 2. The summed E-state index contributed by atoms with van der Waals surface area (Å²) in [6.07, 6.45) is 3.23. The summed E-state index contributed by atoms with van der Waals surface area (Å²) < 4.78 is 10.4. The number of benzene rings is 1. The van der Waals surface area contributed by atoms with Crippen LogP contribution in [0.5, 0.6) is 0 Å². The van der Waals surface area contributed by atoms with Gasteiger partial charge in [0.1, 0.15) is 0 Å². The Kier molecular flexibility index (Phi) is 7.81. The van der Waals surface area contributed by atoms with E-state index in [4.69, 9.17) is 4.74 Å². The number of esters is 1. The lowest BCUT2D eigenvalue weighted by Gasteiger charge is -2.33. The third-order valence-corrected chi connectivity index (χ3v) is 4.11. The van der Waals surface area contributed by atoms with Crippen LogP contribution in [-0.4, -0.2) is 62.8 Å². The van der Waals surface area contributed by atoms with Gasteiger partial charge in [0, 0.05) is 32.3 Å². The molecule has 0 saturated carbocycles. The Morgan fingerprint density at radius 2 is 2.08 bits per heavy atom. The predicted octanol–water partition coefficient (Wildman–Crippen LogP) is 1.96. The minimum absolute atomic E-state index is 0.0270. The third-order valence-electron chi connectivity index (χ3n) is 4.11. The summed E-state index contributed by atoms with van der Waals surface area (Å²) in [5.41, 5.74) is 1.32. The Bertz CT molecular complexity index is 625. The molecule has 1 unspecified atom stereocenters. The van der Waals surface area contributed by atoms with Gasteiger partial charge in [-0.3, -0.25) is 9.69 Å². The molecule has 0 aliphatic carbocycles. The maximum Gasteiger partial charge on any atom is 0.337 e. The van der Waals surface area contributed by atoms with E-state index < -0.39 is 0 Å². The average molecular weight is 360 g/mol. The molecule has 1 aliphatic heterocycles. The number of hydrogen-bond acceptors (Lipinski definition) is 5. The van der Waals surface area contributed by atoms with E-state index in [1.54, 1.807) is 30.3 Å². The lowest BCUT2D eigenvalue weighted by Crippen LogP contribution is -2.48. The number of carbonyl (C=O) groups excluding carboxylic acids is 2. The van der Waals surface area contributed by atoms with Crippen LogP contribution in [0.1, 0.15) is 29.8 Å². The topological polar surface area (TPSA) is 67.9 Å². The molecule has 0 bridgehead atoms. The van der Waals surface area contributed by atoms with Crippen LogP contribution < -0.4 is 5.32 Å². The lowest BCUT2D eigenvalue weighted by molar-refractivity contribution is -0.117. The number of morpholine rings is 1. The highest BCUT2D eigenvalue weighted by atomic mass is 16.5. The Hall–Kier alpha value is -2.18. The van der Waals surface area contributed by atoms with Crippen LogP contribution in [0.25, 0.3) is 6.08 Å². The second kappa shape index (κ2) is 10.1. The van der Waals surface area contributed by atoms with Gasteiger partial charge >= 0.3 is 5.97 Å². The number of methoxy groups -OCH3 is 1. The van der Waals surface area contributed by atoms with Gasteiger partial charge in [0.05, 0.1) is 25.4 Å². The molecule has 0 spiro atoms. The Balaban J connectivity index is 1.77. The van der Waals surface area contributed by atoms with Crippen molar-refractivity contribution in [2.24, 2.45) is 5.92 Å². The minimum atomic E-state index is -0.378. The highest BCUT2D eigenvalue weighted by molar-refractivity contribution is 5.92. The van der Waals surface area contributed by atoms with E-state index >= 15 is 0 Å². The molecule has 142 valence electrons. The van der Waals surface area contributed by atoms with Gasteiger partial charge in [-0.15, -0.1) is 0 Å². The standard InChI is InChI=1S/C20H28N2O4/c1-15(2)13-22-10-11-26-18(14-22)12-21-19(23)9-6-16-4-7-17(8-5-16)20(24)25-3/h4-9,15,18H,10-14H2,1-3H3,(H,21,23)/b9-6+. The Labute approximate surface area is 155 Å². The molecule has 0 radical (unpaired) electrons. The van der Waals surface area contributed by atoms with E-state index in [1.165, 1.54) is 13.2 Å². The van der Waals surface area contributed by atoms with Crippen molar-refractivity contribution in [2.45, 2.75) is 20.0 Å². The van der Waals surface area contributed by atoms with Crippen molar-refractivity contribution in [3.8, 4) is 0 Å². The van der Waals surface area contributed by atoms with Gasteiger partial charge in [0.2, 0.25) is 5.91 Å². The van der Waals surface area contributed by atoms with Gasteiger partial charge in [0.15, 0.2) is 0 Å². The van der Waals surface area contributed by atoms with Crippen LogP contribution in [0, 0.1) is 5.92 Å². The molecule has 1 fully saturated rings. The van der Waals surface area contributed by atoms with E-state index in [-0.39, 0.29) is 18.0 Å². The van der Waals surface area contributed by atoms with Crippen molar-refractivity contribution < 1.29 is 19.1 Å². The van der Waals surface area contributed by atoms with E-state index in [9.17, 15) is 9.59 Å². The van der Waals surface area contributed by atoms with Crippen molar-refractivity contribution >= 4 is 18.0 Å². The highest BCUT2D eigenvalue weighted by Gasteiger charge is 2.21. The zero-order valence-corrected chi connectivity index (χ0v) is 15.7. The van der Waals surface area contributed by atoms with Gasteiger partial charge in [-0.25, -0.2) is 4.79 Å². The van der Waals surface area contributed by atoms with E-state index in [2.05, 4.69) is 28.8 Å². The summed E-state index contributed by atoms with van der Waals surface area (Å²) >= 11 is 0. The summed E-state index contributed by atoms with van der Waals surface area (Å²) in [5.74, 6) is 0.0840. The zero-order valence-electron chi connectivity index (χ0n) is 15.7. The molecule has 0 aromatic heterocycles. The van der Waals surface area contributed by atoms with Crippen LogP contribution in [0.4, 0.5) is 0 Å². The van der Waals surface area contributed by atoms with Crippen LogP contribution in [0.15, 0.2) is 30.3 Å². The molecule has 1 aromatic rings. The highest BCUT2D eigenvalue weighted by Crippen LogP contribution is 2.08. The second-order valence-electron chi connectivity index (χ2n) is 6.84. The maximum absolute atomic E-state index is 12.0. The van der Waals surface area contributed by atoms with Crippen molar-refractivity contribution in [3.05, 3.63) is 41.5 Å². The molecule has 1 N–H and O–H groups in total. The molecule has 6 heteroatoms. The Morgan fingerprint density at radius 3 is 2.73 bits per heavy atom. The van der Waals surface area contributed by atoms with E-state index in [1.807, 2.05) is 0 Å². The molecule has 26 heavy (non-hydrogen) atoms. The largest absolute Gasteiger partial charge is 0.465 e. The second-order valence-corrected chi connectivity index (χ2v) is 6.84. The summed E-state index contributed by atoms with van der Waals surface area (Å²) in [6, 6.07) is 6.87. The zero-order chi connectivity index (χ0) is 18.9. The molecule has 1 heterocycles. The van der Waals surface area contributed by atoms with Crippen molar-refractivity contribution in [1.29, 1.82) is 0 Å². The first-order valence-corrected chi connectivity index (χ1v) is 8.96. The van der Waals surface area contributed by atoms with Gasteiger partial charge < -0.3 is 14.8 Å². The number of nitrogens with zero attached hydrogens (tertiary/aromatic N) is 1. The van der Waals surface area contributed by atoms with Gasteiger partial charge in [-0.05, 0) is 29.7 Å². The number of nitrogens with one attached hydrogen (secondary N) is 1. The average Bonchev–Trinajstić information content (AvgIpc) is 2.64. The number of hydrogen-bond donors (Lipinski definition) is 1. The van der Waals surface area contributed by atoms with Crippen LogP contribution in [-0.2, 0) is 14.3 Å². The van der Waals surface area contributed by atoms with Crippen molar-refractivity contribution in [2.75, 3.05) is 39.9 Å². The predicted molar refractivity (Wildman–Crippen MR) is 101 cm³/mol. The SMILES string of the molecule is COC(=O)c1ccc(/C=C/C(=O)NCC2CN(CC(C)C)CCO2)cc1. The molecule has 1 amide bonds. The fourth-order valence-corrected chi connectivity index (χ4v) is 2.88. The van der Waals surface area contributed by atoms with E-state index in [0.717, 1.165) is 25.2 Å². The van der Waals surface area contributed by atoms with Crippen LogP contribution in [0.2, 0.25) is 0 Å². The molecule has 1 aliphatic rings. The van der Waals surface area contributed by atoms with E-state index in [0.29, 0.717) is 24.6 Å². The molecule has 1 aromatic carbocycles. The third kappa shape index (κ3) is 6.61. The monoisotopic (exact) mass is 360 g/mol. The summed E-state index contributed by atoms with van der Waals surface area (Å²) in [4.78, 5) is 25.8. The van der Waals surface area contributed by atoms with Gasteiger partial charge in [-0.1, -0.05) is 26.0 Å². The smallest absolute Gasteiger partial charge is 0.337 e. The number of amides is 1. The normalized spacial score (nSPS) is 18.2. The fourth-order valence-electron chi connectivity index (χ4n) is 2.88. The molecule has 2 rings (SSSR count). The number of rotatable bonds is 7. The molecule has 1 atom stereocenters. The van der Waals surface area contributed by atoms with Gasteiger partial charge in [0.25, 0.3) is 0 Å². The molecule has 1 saturated heterocycles. The lowest BCUT2D eigenvalue weighted by atomic mass is 10.1. The van der Waals surface area contributed by atoms with Crippen LogP contribution >= 0.6 is 0 Å². The first kappa shape index (κ1) is 20.1. The molecular formula is C20H28N2O4. The quantitative estimate of drug-likeness (QED) is 0.595. The molecular weight excluding hydrogens is 332 g/mol. The van der Waals surface area contributed by atoms with Crippen LogP contribution in [0.3, 0.4) is 0 Å². The summed E-state index contributed by atoms with van der Waals surface area (Å²) in [6.45, 7) is 8.45. The maximum atomic E-state index is 12.0. The Morgan fingerprint density at radius 1 is 1.35 bits per heavy atom. The summed E-state index contributed by atoms with van der Waals surface area (Å²) in [7, 11) is 1.35. The first-order valence-electron chi connectivity index (χ1n) is 8.96. The fraction of sp³-hybridized carbons (Fsp3) is 0.500. The van der Waals surface area contributed by atoms with Crippen molar-refractivity contribution in [1.82, 2.24) is 10.2 Å². The van der Waals surface area contributed by atoms with Crippen molar-refractivity contribution in [3.63, 3.8) is 0 Å². The minimum Gasteiger partial charge on any atom is -0.465 e. The number of carbonyl (C=O) groups is 2. The van der Waals surface area contributed by atoms with Gasteiger partial charge in [-0.2, -0.15) is 0 Å². The summed E-state index contributed by atoms with van der Waals surface area (Å²) in [5, 5.41) is 2.88.